The summed E-state index contributed by atoms with van der Waals surface area (Å²) in [5.74, 6) is -0.127. The molecule has 10 nitrogen and oxygen atoms in total. The van der Waals surface area contributed by atoms with Gasteiger partial charge in [0.25, 0.3) is 0 Å². The molecule has 38 heavy (non-hydrogen) atoms. The molecule has 1 heterocycles. The molecule has 3 rings (SSSR count). The van der Waals surface area contributed by atoms with Crippen LogP contribution in [0.15, 0.2) is 97.7 Å². The minimum atomic E-state index is -0.555. The molecule has 0 spiro atoms. The summed E-state index contributed by atoms with van der Waals surface area (Å²) in [4.78, 5) is 29.5. The van der Waals surface area contributed by atoms with Gasteiger partial charge in [0.1, 0.15) is 25.4 Å². The molecule has 0 aliphatic rings. The fourth-order valence-electron chi connectivity index (χ4n) is 3.18. The first-order chi connectivity index (χ1) is 18.4. The van der Waals surface area contributed by atoms with Crippen molar-refractivity contribution < 1.29 is 23.8 Å². The van der Waals surface area contributed by atoms with E-state index in [2.05, 4.69) is 29.0 Å². The monoisotopic (exact) mass is 517 g/mol. The van der Waals surface area contributed by atoms with E-state index >= 15 is 0 Å². The number of amides is 2. The summed E-state index contributed by atoms with van der Waals surface area (Å²) in [6.45, 7) is 7.80. The minimum Gasteiger partial charge on any atom is -0.473 e. The van der Waals surface area contributed by atoms with Gasteiger partial charge in [0.05, 0.1) is 7.11 Å². The van der Waals surface area contributed by atoms with Crippen LogP contribution in [0.2, 0.25) is 0 Å². The zero-order valence-electron chi connectivity index (χ0n) is 21.4. The molecule has 2 amide bonds. The standard InChI is InChI=1S/C28H31N5O5/c1-5-21(2)32(18-26(34)36-4)31-33(28(35)29-3)24-16-17-25(37-19-22-12-8-6-9-13-22)30-27(24)38-20-23-14-10-7-11-15-23/h5-17,31H,1-2,18-20H2,3-4H3,(H,29,35). The van der Waals surface area contributed by atoms with Gasteiger partial charge < -0.3 is 19.5 Å². The number of allylic oxidation sites excluding steroid dienone is 1. The summed E-state index contributed by atoms with van der Waals surface area (Å²) < 4.78 is 16.7. The van der Waals surface area contributed by atoms with Crippen molar-refractivity contribution in [2.45, 2.75) is 13.2 Å². The van der Waals surface area contributed by atoms with Gasteiger partial charge in [-0.25, -0.2) is 9.80 Å². The Balaban J connectivity index is 1.95. The number of hydrogen-bond acceptors (Lipinski definition) is 8. The number of aromatic nitrogens is 1. The highest BCUT2D eigenvalue weighted by molar-refractivity contribution is 5.92. The number of nitrogens with zero attached hydrogens (tertiary/aromatic N) is 3. The summed E-state index contributed by atoms with van der Waals surface area (Å²) >= 11 is 0. The number of ether oxygens (including phenoxy) is 3. The second-order valence-corrected chi connectivity index (χ2v) is 7.87. The molecule has 0 fully saturated rings. The largest absolute Gasteiger partial charge is 0.473 e. The van der Waals surface area contributed by atoms with Crippen LogP contribution in [-0.2, 0) is 22.7 Å². The van der Waals surface area contributed by atoms with Gasteiger partial charge in [-0.1, -0.05) is 73.8 Å². The molecule has 0 aliphatic heterocycles. The predicted octanol–water partition coefficient (Wildman–Crippen LogP) is 3.98. The molecule has 0 aliphatic carbocycles. The van der Waals surface area contributed by atoms with E-state index in [1.165, 1.54) is 25.2 Å². The summed E-state index contributed by atoms with van der Waals surface area (Å²) in [7, 11) is 2.74. The van der Waals surface area contributed by atoms with E-state index < -0.39 is 12.0 Å². The Morgan fingerprint density at radius 3 is 2.11 bits per heavy atom. The summed E-state index contributed by atoms with van der Waals surface area (Å²) in [6, 6.07) is 21.9. The number of carbonyl (C=O) groups excluding carboxylic acids is 2. The number of pyridine rings is 1. The van der Waals surface area contributed by atoms with Crippen molar-refractivity contribution in [3.63, 3.8) is 0 Å². The number of carbonyl (C=O) groups is 2. The van der Waals surface area contributed by atoms with Gasteiger partial charge in [0.15, 0.2) is 0 Å². The topological polar surface area (TPSA) is 105 Å². The van der Waals surface area contributed by atoms with Crippen LogP contribution < -0.4 is 25.3 Å². The van der Waals surface area contributed by atoms with Crippen LogP contribution in [0.25, 0.3) is 0 Å². The summed E-state index contributed by atoms with van der Waals surface area (Å²) in [6.07, 6.45) is 1.43. The highest BCUT2D eigenvalue weighted by Crippen LogP contribution is 2.30. The molecule has 2 N–H and O–H groups in total. The summed E-state index contributed by atoms with van der Waals surface area (Å²) in [5, 5.41) is 5.03. The van der Waals surface area contributed by atoms with Crippen LogP contribution in [0.1, 0.15) is 11.1 Å². The normalized spacial score (nSPS) is 10.2. The second kappa shape index (κ2) is 14.0. The van der Waals surface area contributed by atoms with Crippen molar-refractivity contribution in [2.24, 2.45) is 0 Å². The van der Waals surface area contributed by atoms with Gasteiger partial charge in [-0.2, -0.15) is 4.98 Å². The molecule has 10 heteroatoms. The number of hydrazine groups is 2. The Kier molecular flexibility index (Phi) is 10.3. The third-order valence-corrected chi connectivity index (χ3v) is 5.24. The van der Waals surface area contributed by atoms with Gasteiger partial charge in [-0.05, 0) is 23.3 Å². The van der Waals surface area contributed by atoms with Crippen LogP contribution in [0.4, 0.5) is 10.5 Å². The molecule has 0 radical (unpaired) electrons. The molecule has 0 atom stereocenters. The van der Waals surface area contributed by atoms with Gasteiger partial charge >= 0.3 is 12.0 Å². The Morgan fingerprint density at radius 2 is 1.55 bits per heavy atom. The zero-order valence-corrected chi connectivity index (χ0v) is 21.4. The first kappa shape index (κ1) is 27.8. The minimum absolute atomic E-state index is 0.123. The first-order valence-corrected chi connectivity index (χ1v) is 11.7. The highest BCUT2D eigenvalue weighted by atomic mass is 16.5. The van der Waals surface area contributed by atoms with Crippen LogP contribution >= 0.6 is 0 Å². The number of esters is 1. The number of rotatable bonds is 13. The predicted molar refractivity (Wildman–Crippen MR) is 144 cm³/mol. The van der Waals surface area contributed by atoms with Crippen molar-refractivity contribution in [3.8, 4) is 11.8 Å². The molecule has 2 aromatic carbocycles. The lowest BCUT2D eigenvalue weighted by Gasteiger charge is -2.32. The van der Waals surface area contributed by atoms with Crippen molar-refractivity contribution in [3.05, 3.63) is 109 Å². The zero-order chi connectivity index (χ0) is 27.3. The molecule has 1 aromatic heterocycles. The molecule has 0 bridgehead atoms. The number of urea groups is 1. The quantitative estimate of drug-likeness (QED) is 0.199. The molecular formula is C28H31N5O5. The molecule has 3 aromatic rings. The maximum atomic E-state index is 13.0. The Bertz CT molecular complexity index is 1240. The second-order valence-electron chi connectivity index (χ2n) is 7.87. The van der Waals surface area contributed by atoms with Crippen molar-refractivity contribution in [2.75, 3.05) is 25.7 Å². The van der Waals surface area contributed by atoms with Crippen molar-refractivity contribution in [1.29, 1.82) is 0 Å². The van der Waals surface area contributed by atoms with Crippen molar-refractivity contribution >= 4 is 17.7 Å². The van der Waals surface area contributed by atoms with Crippen LogP contribution in [0.3, 0.4) is 0 Å². The lowest BCUT2D eigenvalue weighted by molar-refractivity contribution is -0.142. The van der Waals surface area contributed by atoms with E-state index in [1.807, 2.05) is 60.7 Å². The number of hydrogen-bond donors (Lipinski definition) is 2. The molecular weight excluding hydrogens is 486 g/mol. The van der Waals surface area contributed by atoms with Gasteiger partial charge in [0.2, 0.25) is 11.8 Å². The van der Waals surface area contributed by atoms with Gasteiger partial charge in [0, 0.05) is 18.8 Å². The first-order valence-electron chi connectivity index (χ1n) is 11.7. The average molecular weight is 518 g/mol. The lowest BCUT2D eigenvalue weighted by Crippen LogP contribution is -2.56. The van der Waals surface area contributed by atoms with E-state index in [0.29, 0.717) is 18.2 Å². The number of benzene rings is 2. The highest BCUT2D eigenvalue weighted by Gasteiger charge is 2.25. The summed E-state index contributed by atoms with van der Waals surface area (Å²) in [5.41, 5.74) is 5.34. The average Bonchev–Trinajstić information content (AvgIpc) is 2.97. The van der Waals surface area contributed by atoms with Crippen LogP contribution in [0, 0.1) is 0 Å². The van der Waals surface area contributed by atoms with Gasteiger partial charge in [-0.15, -0.1) is 5.53 Å². The van der Waals surface area contributed by atoms with E-state index in [1.54, 1.807) is 12.1 Å². The number of nitrogens with one attached hydrogen (secondary N) is 2. The lowest BCUT2D eigenvalue weighted by atomic mass is 10.2. The number of anilines is 1. The smallest absolute Gasteiger partial charge is 0.337 e. The third kappa shape index (κ3) is 7.84. The van der Waals surface area contributed by atoms with E-state index in [-0.39, 0.29) is 24.7 Å². The Hall–Kier alpha value is -4.83. The Labute approximate surface area is 222 Å². The maximum Gasteiger partial charge on any atom is 0.337 e. The fourth-order valence-corrected chi connectivity index (χ4v) is 3.18. The molecule has 0 saturated heterocycles. The van der Waals surface area contributed by atoms with Gasteiger partial charge in [-0.3, -0.25) is 9.80 Å². The Morgan fingerprint density at radius 1 is 0.947 bits per heavy atom. The molecule has 0 unspecified atom stereocenters. The molecule has 198 valence electrons. The number of methoxy groups -OCH3 is 1. The van der Waals surface area contributed by atoms with Crippen molar-refractivity contribution in [1.82, 2.24) is 20.8 Å². The van der Waals surface area contributed by atoms with E-state index in [4.69, 9.17) is 14.2 Å². The molecule has 0 saturated carbocycles. The van der Waals surface area contributed by atoms with E-state index in [0.717, 1.165) is 16.1 Å². The maximum absolute atomic E-state index is 13.0. The third-order valence-electron chi connectivity index (χ3n) is 5.24. The van der Waals surface area contributed by atoms with Crippen LogP contribution in [0.5, 0.6) is 11.8 Å². The van der Waals surface area contributed by atoms with Crippen LogP contribution in [-0.4, -0.2) is 42.7 Å². The SMILES string of the molecule is C=CC(=C)N(CC(=O)OC)NN(C(=O)NC)c1ccc(OCc2ccccc2)nc1OCc1ccccc1. The fraction of sp³-hybridized carbons (Fsp3) is 0.179. The van der Waals surface area contributed by atoms with E-state index in [9.17, 15) is 9.59 Å².